The second kappa shape index (κ2) is 4.18. The molecular weight excluding hydrogens is 218 g/mol. The summed E-state index contributed by atoms with van der Waals surface area (Å²) in [7, 11) is 0. The van der Waals surface area contributed by atoms with Crippen LogP contribution in [0.25, 0.3) is 0 Å². The Kier molecular flexibility index (Phi) is 2.90. The lowest BCUT2D eigenvalue weighted by molar-refractivity contribution is -0.0164. The van der Waals surface area contributed by atoms with Gasteiger partial charge in [0.25, 0.3) is 0 Å². The molecule has 0 saturated carbocycles. The lowest BCUT2D eigenvalue weighted by Crippen LogP contribution is -2.16. The Morgan fingerprint density at radius 3 is 3.07 bits per heavy atom. The smallest absolute Gasteiger partial charge is 0.189 e. The van der Waals surface area contributed by atoms with Crippen LogP contribution in [0.1, 0.15) is 15.9 Å². The van der Waals surface area contributed by atoms with E-state index in [2.05, 4.69) is 0 Å². The zero-order valence-corrected chi connectivity index (χ0v) is 8.71. The van der Waals surface area contributed by atoms with E-state index in [0.29, 0.717) is 22.9 Å². The van der Waals surface area contributed by atoms with Crippen LogP contribution in [0.5, 0.6) is 5.75 Å². The number of rotatable bonds is 2. The molecule has 1 aromatic rings. The average Bonchev–Trinajstić information content (AvgIpc) is 2.27. The summed E-state index contributed by atoms with van der Waals surface area (Å²) >= 11 is 5.95. The van der Waals surface area contributed by atoms with Gasteiger partial charge in [-0.15, -0.1) is 0 Å². The first-order chi connectivity index (χ1) is 7.22. The van der Waals surface area contributed by atoms with Crippen LogP contribution in [0.2, 0.25) is 5.02 Å². The fourth-order valence-electron chi connectivity index (χ4n) is 1.42. The van der Waals surface area contributed by atoms with E-state index in [1.807, 2.05) is 0 Å². The number of hydrogen-bond acceptors (Lipinski definition) is 4. The van der Waals surface area contributed by atoms with E-state index in [1.165, 1.54) is 0 Å². The molecule has 0 spiro atoms. The summed E-state index contributed by atoms with van der Waals surface area (Å²) in [5.74, 6) is 0.445. The highest BCUT2D eigenvalue weighted by atomic mass is 35.5. The van der Waals surface area contributed by atoms with Crippen LogP contribution in [0.15, 0.2) is 12.1 Å². The van der Waals surface area contributed by atoms with Crippen LogP contribution < -0.4 is 10.5 Å². The van der Waals surface area contributed by atoms with Gasteiger partial charge in [-0.05, 0) is 12.1 Å². The van der Waals surface area contributed by atoms with Crippen LogP contribution in [0.3, 0.4) is 0 Å². The maximum Gasteiger partial charge on any atom is 0.189 e. The van der Waals surface area contributed by atoms with E-state index in [-0.39, 0.29) is 19.1 Å². The predicted molar refractivity (Wildman–Crippen MR) is 55.1 cm³/mol. The first-order valence-electron chi connectivity index (χ1n) is 4.48. The molecule has 0 unspecified atom stereocenters. The van der Waals surface area contributed by atoms with Crippen molar-refractivity contribution < 1.29 is 14.3 Å². The summed E-state index contributed by atoms with van der Waals surface area (Å²) in [6.45, 7) is 0.589. The zero-order chi connectivity index (χ0) is 10.8. The van der Waals surface area contributed by atoms with Gasteiger partial charge in [0.15, 0.2) is 12.6 Å². The number of benzene rings is 1. The third kappa shape index (κ3) is 1.97. The highest BCUT2D eigenvalue weighted by Crippen LogP contribution is 2.30. The number of carbonyl (C=O) groups is 1. The normalized spacial score (nSPS) is 14.3. The van der Waals surface area contributed by atoms with Crippen LogP contribution in [-0.4, -0.2) is 19.1 Å². The number of ether oxygens (including phenoxy) is 2. The molecule has 5 heteroatoms. The van der Waals surface area contributed by atoms with E-state index in [4.69, 9.17) is 26.8 Å². The number of ketones is 1. The Bertz CT molecular complexity index is 406. The fraction of sp³-hybridized carbons (Fsp3) is 0.300. The number of carbonyl (C=O) groups excluding carboxylic acids is 1. The van der Waals surface area contributed by atoms with Crippen molar-refractivity contribution in [1.29, 1.82) is 0 Å². The fourth-order valence-corrected chi connectivity index (χ4v) is 1.71. The molecule has 80 valence electrons. The molecule has 0 atom stereocenters. The summed E-state index contributed by atoms with van der Waals surface area (Å²) in [6.07, 6.45) is 0. The lowest BCUT2D eigenvalue weighted by Gasteiger charge is -2.18. The second-order valence-electron chi connectivity index (χ2n) is 3.18. The van der Waals surface area contributed by atoms with Crippen LogP contribution in [0.4, 0.5) is 0 Å². The van der Waals surface area contributed by atoms with Crippen molar-refractivity contribution in [1.82, 2.24) is 0 Å². The third-order valence-electron chi connectivity index (χ3n) is 2.19. The zero-order valence-electron chi connectivity index (χ0n) is 7.96. The molecule has 0 aromatic heterocycles. The van der Waals surface area contributed by atoms with Crippen molar-refractivity contribution in [2.45, 2.75) is 6.61 Å². The highest BCUT2D eigenvalue weighted by Gasteiger charge is 2.17. The van der Waals surface area contributed by atoms with E-state index in [1.54, 1.807) is 12.1 Å². The van der Waals surface area contributed by atoms with Gasteiger partial charge in [0.2, 0.25) is 0 Å². The molecule has 15 heavy (non-hydrogen) atoms. The standard InChI is InChI=1S/C10H10ClNO3/c11-8-1-6-4-14-5-15-10(6)2-7(8)9(13)3-12/h1-2H,3-5,12H2. The molecule has 4 nitrogen and oxygen atoms in total. The Labute approximate surface area is 91.9 Å². The number of hydrogen-bond donors (Lipinski definition) is 1. The summed E-state index contributed by atoms with van der Waals surface area (Å²) in [5.41, 5.74) is 6.52. The third-order valence-corrected chi connectivity index (χ3v) is 2.50. The predicted octanol–water partition coefficient (Wildman–Crippen LogP) is 1.35. The molecule has 1 heterocycles. The van der Waals surface area contributed by atoms with E-state index in [0.717, 1.165) is 5.56 Å². The molecule has 2 N–H and O–H groups in total. The van der Waals surface area contributed by atoms with Crippen molar-refractivity contribution in [3.8, 4) is 5.75 Å². The first kappa shape index (κ1) is 10.4. The minimum absolute atomic E-state index is 0.0605. The van der Waals surface area contributed by atoms with Gasteiger partial charge in [0, 0.05) is 11.1 Å². The van der Waals surface area contributed by atoms with Gasteiger partial charge in [-0.2, -0.15) is 0 Å². The molecular formula is C10H10ClNO3. The minimum Gasteiger partial charge on any atom is -0.467 e. The summed E-state index contributed by atoms with van der Waals surface area (Å²) in [4.78, 5) is 11.4. The van der Waals surface area contributed by atoms with Gasteiger partial charge in [-0.3, -0.25) is 4.79 Å². The van der Waals surface area contributed by atoms with Crippen LogP contribution in [-0.2, 0) is 11.3 Å². The van der Waals surface area contributed by atoms with E-state index in [9.17, 15) is 4.79 Å². The van der Waals surface area contributed by atoms with Gasteiger partial charge in [0.1, 0.15) is 5.75 Å². The molecule has 0 aliphatic carbocycles. The summed E-state index contributed by atoms with van der Waals surface area (Å²) < 4.78 is 10.3. The Balaban J connectivity index is 2.44. The van der Waals surface area contributed by atoms with E-state index < -0.39 is 0 Å². The van der Waals surface area contributed by atoms with Crippen LogP contribution >= 0.6 is 11.6 Å². The second-order valence-corrected chi connectivity index (χ2v) is 3.58. The molecule has 1 aromatic carbocycles. The molecule has 0 saturated heterocycles. The van der Waals surface area contributed by atoms with Gasteiger partial charge in [0.05, 0.1) is 18.2 Å². The molecule has 1 aliphatic heterocycles. The maximum absolute atomic E-state index is 11.4. The van der Waals surface area contributed by atoms with Gasteiger partial charge in [-0.25, -0.2) is 0 Å². The highest BCUT2D eigenvalue weighted by molar-refractivity contribution is 6.34. The number of halogens is 1. The Morgan fingerprint density at radius 1 is 1.53 bits per heavy atom. The van der Waals surface area contributed by atoms with Crippen molar-refractivity contribution >= 4 is 17.4 Å². The molecule has 0 bridgehead atoms. The molecule has 0 radical (unpaired) electrons. The van der Waals surface area contributed by atoms with Gasteiger partial charge >= 0.3 is 0 Å². The average molecular weight is 228 g/mol. The summed E-state index contributed by atoms with van der Waals surface area (Å²) in [5, 5.41) is 0.387. The number of Topliss-reactive ketones (excluding diaryl/α,β-unsaturated/α-hetero) is 1. The largest absolute Gasteiger partial charge is 0.467 e. The molecule has 2 rings (SSSR count). The lowest BCUT2D eigenvalue weighted by atomic mass is 10.1. The number of fused-ring (bicyclic) bond motifs is 1. The number of nitrogens with two attached hydrogens (primary N) is 1. The van der Waals surface area contributed by atoms with Crippen molar-refractivity contribution in [3.05, 3.63) is 28.3 Å². The monoisotopic (exact) mass is 227 g/mol. The summed E-state index contributed by atoms with van der Waals surface area (Å²) in [6, 6.07) is 3.30. The van der Waals surface area contributed by atoms with Crippen molar-refractivity contribution in [2.75, 3.05) is 13.3 Å². The van der Waals surface area contributed by atoms with E-state index >= 15 is 0 Å². The van der Waals surface area contributed by atoms with Crippen molar-refractivity contribution in [2.24, 2.45) is 5.73 Å². The first-order valence-corrected chi connectivity index (χ1v) is 4.86. The minimum atomic E-state index is -0.196. The maximum atomic E-state index is 11.4. The van der Waals surface area contributed by atoms with Crippen LogP contribution in [0, 0.1) is 0 Å². The Hall–Kier alpha value is -1.10. The SMILES string of the molecule is NCC(=O)c1cc2c(cc1Cl)COCO2. The quantitative estimate of drug-likeness (QED) is 0.775. The Morgan fingerprint density at radius 2 is 2.33 bits per heavy atom. The molecule has 0 amide bonds. The van der Waals surface area contributed by atoms with Gasteiger partial charge in [-0.1, -0.05) is 11.6 Å². The topological polar surface area (TPSA) is 61.6 Å². The van der Waals surface area contributed by atoms with Gasteiger partial charge < -0.3 is 15.2 Å². The van der Waals surface area contributed by atoms with Crippen molar-refractivity contribution in [3.63, 3.8) is 0 Å². The molecule has 1 aliphatic rings. The molecule has 0 fully saturated rings.